The average molecular weight is 248 g/mol. The van der Waals surface area contributed by atoms with Gasteiger partial charge in [0.2, 0.25) is 5.89 Å². The lowest BCUT2D eigenvalue weighted by Crippen LogP contribution is -2.01. The third-order valence-corrected chi connectivity index (χ3v) is 2.54. The second-order valence-electron chi connectivity index (χ2n) is 4.22. The molecule has 0 bridgehead atoms. The van der Waals surface area contributed by atoms with E-state index in [4.69, 9.17) is 9.15 Å². The molecule has 96 valence electrons. The summed E-state index contributed by atoms with van der Waals surface area (Å²) in [6, 6.07) is 5.67. The first-order valence-electron chi connectivity index (χ1n) is 5.76. The number of ether oxygens (including phenoxy) is 1. The summed E-state index contributed by atoms with van der Waals surface area (Å²) in [7, 11) is 0. The van der Waals surface area contributed by atoms with Gasteiger partial charge >= 0.3 is 0 Å². The molecule has 0 aliphatic carbocycles. The molecule has 5 heteroatoms. The highest BCUT2D eigenvalue weighted by atomic mass is 16.5. The number of hydrogen-bond acceptors (Lipinski definition) is 5. The lowest BCUT2D eigenvalue weighted by molar-refractivity contribution is 0.187. The largest absolute Gasteiger partial charge is 0.483 e. The fourth-order valence-electron chi connectivity index (χ4n) is 1.65. The Morgan fingerprint density at radius 3 is 2.72 bits per heavy atom. The van der Waals surface area contributed by atoms with Gasteiger partial charge in [-0.25, -0.2) is 0 Å². The quantitative estimate of drug-likeness (QED) is 0.899. The number of nitrogens with zero attached hydrogens (tertiary/aromatic N) is 2. The molecule has 1 aromatic carbocycles. The van der Waals surface area contributed by atoms with E-state index in [-0.39, 0.29) is 6.61 Å². The van der Waals surface area contributed by atoms with E-state index in [1.165, 1.54) is 0 Å². The molecule has 0 fully saturated rings. The summed E-state index contributed by atoms with van der Waals surface area (Å²) in [5.41, 5.74) is 1.81. The van der Waals surface area contributed by atoms with E-state index in [1.54, 1.807) is 13.8 Å². The van der Waals surface area contributed by atoms with Gasteiger partial charge in [-0.3, -0.25) is 0 Å². The molecule has 1 heterocycles. The number of aromatic nitrogens is 2. The zero-order chi connectivity index (χ0) is 13.1. The molecule has 1 N–H and O–H groups in total. The summed E-state index contributed by atoms with van der Waals surface area (Å²) in [6.45, 7) is 5.60. The first-order valence-corrected chi connectivity index (χ1v) is 5.76. The van der Waals surface area contributed by atoms with Crippen molar-refractivity contribution in [2.75, 3.05) is 0 Å². The van der Waals surface area contributed by atoms with Gasteiger partial charge in [0.15, 0.2) is 6.61 Å². The molecule has 5 nitrogen and oxygen atoms in total. The van der Waals surface area contributed by atoms with Gasteiger partial charge in [0, 0.05) is 12.5 Å². The maximum Gasteiger partial charge on any atom is 0.253 e. The Balaban J connectivity index is 2.15. The van der Waals surface area contributed by atoms with Crippen LogP contribution in [-0.4, -0.2) is 15.3 Å². The molecule has 0 aliphatic rings. The highest BCUT2D eigenvalue weighted by Gasteiger charge is 2.11. The normalized spacial score (nSPS) is 12.4. The molecular formula is C13H16N2O3. The van der Waals surface area contributed by atoms with Gasteiger partial charge in [0.25, 0.3) is 5.89 Å². The van der Waals surface area contributed by atoms with Crippen molar-refractivity contribution in [2.45, 2.75) is 33.5 Å². The Bertz CT molecular complexity index is 535. The number of hydrogen-bond donors (Lipinski definition) is 1. The van der Waals surface area contributed by atoms with Crippen molar-refractivity contribution in [3.63, 3.8) is 0 Å². The molecule has 1 aromatic heterocycles. The van der Waals surface area contributed by atoms with E-state index >= 15 is 0 Å². The van der Waals surface area contributed by atoms with Gasteiger partial charge < -0.3 is 14.3 Å². The Labute approximate surface area is 105 Å². The van der Waals surface area contributed by atoms with Crippen molar-refractivity contribution in [3.05, 3.63) is 41.1 Å². The first kappa shape index (κ1) is 12.6. The van der Waals surface area contributed by atoms with Gasteiger partial charge in [0.1, 0.15) is 5.75 Å². The van der Waals surface area contributed by atoms with Crippen molar-refractivity contribution in [1.29, 1.82) is 0 Å². The van der Waals surface area contributed by atoms with Crippen molar-refractivity contribution >= 4 is 0 Å². The van der Waals surface area contributed by atoms with E-state index in [0.717, 1.165) is 11.1 Å². The molecule has 2 aromatic rings. The lowest BCUT2D eigenvalue weighted by atomic mass is 10.1. The maximum absolute atomic E-state index is 9.67. The van der Waals surface area contributed by atoms with Crippen LogP contribution in [0.1, 0.15) is 35.9 Å². The van der Waals surface area contributed by atoms with Crippen LogP contribution in [0.4, 0.5) is 0 Å². The molecule has 0 unspecified atom stereocenters. The van der Waals surface area contributed by atoms with Crippen molar-refractivity contribution in [1.82, 2.24) is 10.2 Å². The third-order valence-electron chi connectivity index (χ3n) is 2.54. The Morgan fingerprint density at radius 1 is 1.33 bits per heavy atom. The molecule has 0 saturated carbocycles. The zero-order valence-electron chi connectivity index (χ0n) is 10.7. The molecule has 0 spiro atoms. The third kappa shape index (κ3) is 2.87. The molecule has 2 rings (SSSR count). The second kappa shape index (κ2) is 5.18. The van der Waals surface area contributed by atoms with Gasteiger partial charge in [0.05, 0.1) is 6.10 Å². The molecule has 1 atom stereocenters. The summed E-state index contributed by atoms with van der Waals surface area (Å²) in [6.07, 6.45) is -0.579. The summed E-state index contributed by atoms with van der Waals surface area (Å²) < 4.78 is 10.8. The maximum atomic E-state index is 9.67. The fourth-order valence-corrected chi connectivity index (χ4v) is 1.65. The lowest BCUT2D eigenvalue weighted by Gasteiger charge is -2.13. The average Bonchev–Trinajstić information content (AvgIpc) is 2.72. The highest BCUT2D eigenvalue weighted by molar-refractivity contribution is 5.38. The number of aryl methyl sites for hydroxylation is 2. The minimum absolute atomic E-state index is 0.198. The molecule has 0 amide bonds. The van der Waals surface area contributed by atoms with Crippen molar-refractivity contribution < 1.29 is 14.3 Å². The van der Waals surface area contributed by atoms with E-state index in [0.29, 0.717) is 17.5 Å². The number of rotatable bonds is 4. The van der Waals surface area contributed by atoms with Crippen molar-refractivity contribution in [2.24, 2.45) is 0 Å². The number of aliphatic hydroxyl groups excluding tert-OH is 1. The van der Waals surface area contributed by atoms with Crippen LogP contribution in [-0.2, 0) is 6.61 Å². The minimum atomic E-state index is -0.579. The van der Waals surface area contributed by atoms with Crippen molar-refractivity contribution in [3.8, 4) is 5.75 Å². The summed E-state index contributed by atoms with van der Waals surface area (Å²) >= 11 is 0. The minimum Gasteiger partial charge on any atom is -0.483 e. The van der Waals surface area contributed by atoms with Crippen LogP contribution in [0.2, 0.25) is 0 Å². The topological polar surface area (TPSA) is 68.4 Å². The first-order chi connectivity index (χ1) is 8.56. The van der Waals surface area contributed by atoms with E-state index < -0.39 is 6.10 Å². The summed E-state index contributed by atoms with van der Waals surface area (Å²) in [5.74, 6) is 1.57. The van der Waals surface area contributed by atoms with E-state index in [2.05, 4.69) is 10.2 Å². The molecule has 0 aliphatic heterocycles. The predicted molar refractivity (Wildman–Crippen MR) is 65.2 cm³/mol. The van der Waals surface area contributed by atoms with Crippen LogP contribution in [0.5, 0.6) is 5.75 Å². The van der Waals surface area contributed by atoms with Crippen LogP contribution in [0.15, 0.2) is 22.6 Å². The summed E-state index contributed by atoms with van der Waals surface area (Å²) in [5, 5.41) is 17.2. The molecule has 0 radical (unpaired) electrons. The highest BCUT2D eigenvalue weighted by Crippen LogP contribution is 2.26. The molecule has 0 saturated heterocycles. The second-order valence-corrected chi connectivity index (χ2v) is 4.22. The molecular weight excluding hydrogens is 232 g/mol. The zero-order valence-corrected chi connectivity index (χ0v) is 10.7. The van der Waals surface area contributed by atoms with Crippen LogP contribution >= 0.6 is 0 Å². The van der Waals surface area contributed by atoms with Gasteiger partial charge in [-0.2, -0.15) is 0 Å². The fraction of sp³-hybridized carbons (Fsp3) is 0.385. The monoisotopic (exact) mass is 248 g/mol. The SMILES string of the molecule is Cc1ccc([C@H](C)O)c(OCc2nnc(C)o2)c1. The van der Waals surface area contributed by atoms with E-state index in [9.17, 15) is 5.11 Å². The predicted octanol–water partition coefficient (Wildman–Crippen LogP) is 2.32. The Kier molecular flexibility index (Phi) is 3.62. The van der Waals surface area contributed by atoms with Gasteiger partial charge in [-0.1, -0.05) is 12.1 Å². The summed E-state index contributed by atoms with van der Waals surface area (Å²) in [4.78, 5) is 0. The number of aliphatic hydroxyl groups is 1. The number of benzene rings is 1. The van der Waals surface area contributed by atoms with E-state index in [1.807, 2.05) is 25.1 Å². The van der Waals surface area contributed by atoms with Crippen LogP contribution < -0.4 is 4.74 Å². The van der Waals surface area contributed by atoms with Crippen LogP contribution in [0, 0.1) is 13.8 Å². The smallest absolute Gasteiger partial charge is 0.253 e. The standard InChI is InChI=1S/C13H16N2O3/c1-8-4-5-11(9(2)16)12(6-8)17-7-13-15-14-10(3)18-13/h4-6,9,16H,7H2,1-3H3/t9-/m0/s1. The Hall–Kier alpha value is -1.88. The van der Waals surface area contributed by atoms with Gasteiger partial charge in [-0.05, 0) is 25.5 Å². The van der Waals surface area contributed by atoms with Crippen LogP contribution in [0.3, 0.4) is 0 Å². The van der Waals surface area contributed by atoms with Crippen LogP contribution in [0.25, 0.3) is 0 Å². The molecule has 18 heavy (non-hydrogen) atoms. The Morgan fingerprint density at radius 2 is 2.11 bits per heavy atom. The van der Waals surface area contributed by atoms with Gasteiger partial charge in [-0.15, -0.1) is 10.2 Å².